The van der Waals surface area contributed by atoms with Crippen LogP contribution in [0, 0.1) is 0 Å². The van der Waals surface area contributed by atoms with Gasteiger partial charge in [-0.05, 0) is 12.5 Å². The van der Waals surface area contributed by atoms with Gasteiger partial charge in [0.1, 0.15) is 0 Å². The maximum Gasteiger partial charge on any atom is 0.424 e. The molecule has 0 spiro atoms. The molecule has 0 N–H and O–H groups in total. The van der Waals surface area contributed by atoms with Crippen LogP contribution in [0.3, 0.4) is 0 Å². The molecule has 1 saturated heterocycles. The fourth-order valence-electron chi connectivity index (χ4n) is 1.87. The Bertz CT molecular complexity index is 444. The number of rotatable bonds is 3. The molecule has 6 heteroatoms. The molecule has 0 bridgehead atoms. The third kappa shape index (κ3) is 1.86. The Hall–Kier alpha value is -1.56. The summed E-state index contributed by atoms with van der Waals surface area (Å²) in [4.78, 5) is 11.4. The largest absolute Gasteiger partial charge is 0.464 e. The van der Waals surface area contributed by atoms with Crippen LogP contribution in [0.25, 0.3) is 0 Å². The molecule has 2 rings (SSSR count). The Morgan fingerprint density at radius 3 is 2.50 bits per heavy atom. The molecule has 1 aliphatic rings. The van der Waals surface area contributed by atoms with Crippen molar-refractivity contribution < 1.29 is 27.4 Å². The van der Waals surface area contributed by atoms with Crippen molar-refractivity contribution in [2.75, 3.05) is 6.61 Å². The highest BCUT2D eigenvalue weighted by Gasteiger charge is 2.77. The van der Waals surface area contributed by atoms with Crippen LogP contribution in [-0.4, -0.2) is 24.9 Å². The van der Waals surface area contributed by atoms with Gasteiger partial charge in [0.05, 0.1) is 6.61 Å². The lowest BCUT2D eigenvalue weighted by atomic mass is 9.94. The SMILES string of the molecule is CCOC(=O)C1OC1(c1ccccc1)C(F)(F)F. The van der Waals surface area contributed by atoms with E-state index in [4.69, 9.17) is 0 Å². The van der Waals surface area contributed by atoms with Crippen molar-refractivity contribution in [2.45, 2.75) is 24.8 Å². The summed E-state index contributed by atoms with van der Waals surface area (Å²) in [7, 11) is 0. The molecule has 1 aliphatic heterocycles. The summed E-state index contributed by atoms with van der Waals surface area (Å²) in [5.41, 5.74) is -2.64. The number of epoxide rings is 1. The average molecular weight is 260 g/mol. The second-order valence-electron chi connectivity index (χ2n) is 3.85. The van der Waals surface area contributed by atoms with Gasteiger partial charge in [-0.25, -0.2) is 4.79 Å². The average Bonchev–Trinajstić information content (AvgIpc) is 3.06. The molecule has 1 aromatic carbocycles. The summed E-state index contributed by atoms with van der Waals surface area (Å²) in [6.07, 6.45) is -6.27. The molecule has 2 atom stereocenters. The number of benzene rings is 1. The number of hydrogen-bond donors (Lipinski definition) is 0. The van der Waals surface area contributed by atoms with Gasteiger partial charge in [0.25, 0.3) is 0 Å². The second kappa shape index (κ2) is 4.28. The Morgan fingerprint density at radius 2 is 2.00 bits per heavy atom. The van der Waals surface area contributed by atoms with Crippen LogP contribution in [-0.2, 0) is 19.9 Å². The number of carbonyl (C=O) groups excluding carboxylic acids is 1. The van der Waals surface area contributed by atoms with Crippen molar-refractivity contribution in [2.24, 2.45) is 0 Å². The molecule has 1 aromatic rings. The zero-order chi connectivity index (χ0) is 13.4. The lowest BCUT2D eigenvalue weighted by molar-refractivity contribution is -0.188. The first-order chi connectivity index (χ1) is 8.43. The fourth-order valence-corrected chi connectivity index (χ4v) is 1.87. The Kier molecular flexibility index (Phi) is 3.06. The molecular formula is C12H11F3O3. The van der Waals surface area contributed by atoms with Crippen LogP contribution in [0.1, 0.15) is 12.5 Å². The van der Waals surface area contributed by atoms with Gasteiger partial charge in [-0.15, -0.1) is 0 Å². The van der Waals surface area contributed by atoms with Gasteiger partial charge >= 0.3 is 12.1 Å². The van der Waals surface area contributed by atoms with Gasteiger partial charge in [0, 0.05) is 0 Å². The predicted molar refractivity (Wildman–Crippen MR) is 55.7 cm³/mol. The zero-order valence-electron chi connectivity index (χ0n) is 9.53. The van der Waals surface area contributed by atoms with Crippen molar-refractivity contribution in [3.63, 3.8) is 0 Å². The van der Waals surface area contributed by atoms with Gasteiger partial charge in [0.2, 0.25) is 5.60 Å². The molecule has 0 radical (unpaired) electrons. The van der Waals surface area contributed by atoms with E-state index in [0.29, 0.717) is 0 Å². The maximum atomic E-state index is 13.1. The first kappa shape index (κ1) is 12.9. The summed E-state index contributed by atoms with van der Waals surface area (Å²) in [5.74, 6) is -0.987. The fraction of sp³-hybridized carbons (Fsp3) is 0.417. The highest BCUT2D eigenvalue weighted by Crippen LogP contribution is 2.57. The molecule has 0 amide bonds. The highest BCUT2D eigenvalue weighted by atomic mass is 19.4. The van der Waals surface area contributed by atoms with Gasteiger partial charge in [-0.2, -0.15) is 13.2 Å². The lowest BCUT2D eigenvalue weighted by Gasteiger charge is -2.16. The third-order valence-corrected chi connectivity index (χ3v) is 2.74. The van der Waals surface area contributed by atoms with Crippen LogP contribution in [0.5, 0.6) is 0 Å². The van der Waals surface area contributed by atoms with E-state index in [1.165, 1.54) is 31.2 Å². The van der Waals surface area contributed by atoms with Gasteiger partial charge in [0.15, 0.2) is 6.10 Å². The van der Waals surface area contributed by atoms with Gasteiger partial charge in [-0.3, -0.25) is 0 Å². The molecule has 0 saturated carbocycles. The Balaban J connectivity index is 2.33. The Morgan fingerprint density at radius 1 is 1.39 bits per heavy atom. The van der Waals surface area contributed by atoms with Gasteiger partial charge in [-0.1, -0.05) is 30.3 Å². The standard InChI is InChI=1S/C12H11F3O3/c1-2-17-10(16)9-11(18-9,12(13,14)15)8-6-4-3-5-7-8/h3-7,9H,2H2,1H3. The van der Waals surface area contributed by atoms with Crippen molar-refractivity contribution in [1.82, 2.24) is 0 Å². The summed E-state index contributed by atoms with van der Waals surface area (Å²) in [6.45, 7) is 1.54. The van der Waals surface area contributed by atoms with E-state index >= 15 is 0 Å². The molecule has 98 valence electrons. The summed E-state index contributed by atoms with van der Waals surface area (Å²) in [6, 6.07) is 7.09. The molecule has 18 heavy (non-hydrogen) atoms. The molecule has 1 fully saturated rings. The lowest BCUT2D eigenvalue weighted by Crippen LogP contribution is -2.35. The maximum absolute atomic E-state index is 13.1. The van der Waals surface area contributed by atoms with Crippen molar-refractivity contribution in [1.29, 1.82) is 0 Å². The molecule has 1 heterocycles. The van der Waals surface area contributed by atoms with E-state index in [0.717, 1.165) is 0 Å². The van der Waals surface area contributed by atoms with E-state index in [9.17, 15) is 18.0 Å². The summed E-state index contributed by atoms with van der Waals surface area (Å²) < 4.78 is 48.5. The number of esters is 1. The van der Waals surface area contributed by atoms with Crippen LogP contribution in [0.4, 0.5) is 13.2 Å². The summed E-state index contributed by atoms with van der Waals surface area (Å²) >= 11 is 0. The van der Waals surface area contributed by atoms with E-state index in [1.807, 2.05) is 0 Å². The number of carbonyl (C=O) groups is 1. The van der Waals surface area contributed by atoms with E-state index in [-0.39, 0.29) is 12.2 Å². The molecule has 0 aliphatic carbocycles. The number of hydrogen-bond acceptors (Lipinski definition) is 3. The molecular weight excluding hydrogens is 249 g/mol. The van der Waals surface area contributed by atoms with Crippen LogP contribution in [0.2, 0.25) is 0 Å². The normalized spacial score (nSPS) is 26.8. The molecule has 3 nitrogen and oxygen atoms in total. The minimum absolute atomic E-state index is 0.0153. The highest BCUT2D eigenvalue weighted by molar-refractivity contribution is 5.80. The molecule has 2 unspecified atom stereocenters. The molecule has 0 aromatic heterocycles. The van der Waals surface area contributed by atoms with Crippen molar-refractivity contribution >= 4 is 5.97 Å². The number of alkyl halides is 3. The zero-order valence-corrected chi connectivity index (χ0v) is 9.53. The van der Waals surface area contributed by atoms with Crippen LogP contribution in [0.15, 0.2) is 30.3 Å². The summed E-state index contributed by atoms with van der Waals surface area (Å²) in [5, 5.41) is 0. The van der Waals surface area contributed by atoms with Crippen LogP contribution >= 0.6 is 0 Å². The first-order valence-corrected chi connectivity index (χ1v) is 5.40. The number of ether oxygens (including phenoxy) is 2. The monoisotopic (exact) mass is 260 g/mol. The van der Waals surface area contributed by atoms with E-state index in [2.05, 4.69) is 9.47 Å². The second-order valence-corrected chi connectivity index (χ2v) is 3.85. The minimum Gasteiger partial charge on any atom is -0.464 e. The topological polar surface area (TPSA) is 38.8 Å². The van der Waals surface area contributed by atoms with E-state index < -0.39 is 23.9 Å². The third-order valence-electron chi connectivity index (χ3n) is 2.74. The van der Waals surface area contributed by atoms with Crippen LogP contribution < -0.4 is 0 Å². The first-order valence-electron chi connectivity index (χ1n) is 5.40. The Labute approximate surface area is 102 Å². The number of halogens is 3. The van der Waals surface area contributed by atoms with Crippen molar-refractivity contribution in [3.05, 3.63) is 35.9 Å². The predicted octanol–water partition coefficient (Wildman–Crippen LogP) is 2.41. The van der Waals surface area contributed by atoms with Crippen molar-refractivity contribution in [3.8, 4) is 0 Å². The minimum atomic E-state index is -4.66. The van der Waals surface area contributed by atoms with Gasteiger partial charge < -0.3 is 9.47 Å². The quantitative estimate of drug-likeness (QED) is 0.618. The smallest absolute Gasteiger partial charge is 0.424 e. The van der Waals surface area contributed by atoms with E-state index in [1.54, 1.807) is 6.07 Å².